The van der Waals surface area contributed by atoms with Crippen molar-refractivity contribution in [3.8, 4) is 12.3 Å². The number of terminal acetylenes is 1. The lowest BCUT2D eigenvalue weighted by atomic mass is 10.2. The van der Waals surface area contributed by atoms with Crippen molar-refractivity contribution in [1.29, 1.82) is 0 Å². The van der Waals surface area contributed by atoms with E-state index in [2.05, 4.69) is 21.9 Å². The Morgan fingerprint density at radius 2 is 2.29 bits per heavy atom. The van der Waals surface area contributed by atoms with Gasteiger partial charge in [-0.2, -0.15) is 0 Å². The summed E-state index contributed by atoms with van der Waals surface area (Å²) in [4.78, 5) is 13.8. The fourth-order valence-corrected chi connectivity index (χ4v) is 1.87. The van der Waals surface area contributed by atoms with Gasteiger partial charge in [0.1, 0.15) is 0 Å². The molecule has 90 valence electrons. The van der Waals surface area contributed by atoms with E-state index in [9.17, 15) is 4.79 Å². The summed E-state index contributed by atoms with van der Waals surface area (Å²) in [7, 11) is 0. The molecule has 0 atom stereocenters. The van der Waals surface area contributed by atoms with Gasteiger partial charge in [-0.3, -0.25) is 4.79 Å². The number of hydrogen-bond acceptors (Lipinski definition) is 1. The first kappa shape index (κ1) is 14.1. The van der Waals surface area contributed by atoms with Crippen LogP contribution in [0.15, 0.2) is 22.7 Å². The van der Waals surface area contributed by atoms with E-state index in [4.69, 9.17) is 18.0 Å². The molecule has 1 aromatic rings. The molecule has 0 aliphatic rings. The quantitative estimate of drug-likeness (QED) is 0.778. The lowest BCUT2D eigenvalue weighted by Gasteiger charge is -2.19. The third-order valence-electron chi connectivity index (χ3n) is 2.23. The molecule has 0 saturated heterocycles. The van der Waals surface area contributed by atoms with Gasteiger partial charge in [-0.1, -0.05) is 24.4 Å². The molecule has 0 bridgehead atoms. The van der Waals surface area contributed by atoms with E-state index in [0.29, 0.717) is 23.7 Å². The number of halogens is 2. The van der Waals surface area contributed by atoms with Crippen molar-refractivity contribution in [1.82, 2.24) is 4.90 Å². The first-order valence-electron chi connectivity index (χ1n) is 5.28. The van der Waals surface area contributed by atoms with Crippen LogP contribution in [0, 0.1) is 12.3 Å². The summed E-state index contributed by atoms with van der Waals surface area (Å²) in [6, 6.07) is 5.14. The normalized spacial score (nSPS) is 9.76. The molecule has 2 nitrogen and oxygen atoms in total. The van der Waals surface area contributed by atoms with E-state index in [1.807, 2.05) is 6.92 Å². The molecule has 0 spiro atoms. The van der Waals surface area contributed by atoms with Gasteiger partial charge in [0.15, 0.2) is 0 Å². The number of carbonyl (C=O) groups is 1. The Labute approximate surface area is 115 Å². The second-order valence-electron chi connectivity index (χ2n) is 3.56. The fourth-order valence-electron chi connectivity index (χ4n) is 1.44. The maximum absolute atomic E-state index is 12.1. The highest BCUT2D eigenvalue weighted by molar-refractivity contribution is 9.10. The minimum atomic E-state index is -0.0841. The number of rotatable bonds is 4. The first-order chi connectivity index (χ1) is 8.10. The third-order valence-corrected chi connectivity index (χ3v) is 3.46. The lowest BCUT2D eigenvalue weighted by Crippen LogP contribution is -2.32. The van der Waals surface area contributed by atoms with Crippen molar-refractivity contribution in [3.05, 3.63) is 33.3 Å². The summed E-state index contributed by atoms with van der Waals surface area (Å²) in [6.07, 6.45) is 6.12. The summed E-state index contributed by atoms with van der Waals surface area (Å²) in [6.45, 7) is 2.97. The third kappa shape index (κ3) is 3.76. The molecule has 0 unspecified atom stereocenters. The average Bonchev–Trinajstić information content (AvgIpc) is 2.31. The summed E-state index contributed by atoms with van der Waals surface area (Å²) < 4.78 is 0.773. The Bertz CT molecular complexity index is 453. The van der Waals surface area contributed by atoms with E-state index in [1.54, 1.807) is 23.1 Å². The maximum Gasteiger partial charge on any atom is 0.254 e. The molecule has 1 amide bonds. The molecule has 0 aliphatic heterocycles. The van der Waals surface area contributed by atoms with Crippen LogP contribution in [0.4, 0.5) is 0 Å². The minimum Gasteiger partial charge on any atom is -0.328 e. The Morgan fingerprint density at radius 3 is 2.82 bits per heavy atom. The van der Waals surface area contributed by atoms with Crippen molar-refractivity contribution >= 4 is 33.4 Å². The molecule has 17 heavy (non-hydrogen) atoms. The van der Waals surface area contributed by atoms with E-state index in [0.717, 1.165) is 10.9 Å². The number of benzene rings is 1. The fraction of sp³-hybridized carbons (Fsp3) is 0.308. The molecule has 0 aliphatic carbocycles. The SMILES string of the molecule is C#CCN(CCC)C(=O)c1ccc(Br)c(Cl)c1. The highest BCUT2D eigenvalue weighted by Gasteiger charge is 2.14. The summed E-state index contributed by atoms with van der Waals surface area (Å²) >= 11 is 9.25. The number of nitrogens with zero attached hydrogens (tertiary/aromatic N) is 1. The molecule has 0 radical (unpaired) electrons. The molecule has 0 heterocycles. The zero-order valence-corrected chi connectivity index (χ0v) is 11.9. The molecule has 0 fully saturated rings. The summed E-state index contributed by atoms with van der Waals surface area (Å²) in [5.41, 5.74) is 0.557. The van der Waals surface area contributed by atoms with Gasteiger partial charge >= 0.3 is 0 Å². The van der Waals surface area contributed by atoms with Crippen molar-refractivity contribution < 1.29 is 4.79 Å². The first-order valence-corrected chi connectivity index (χ1v) is 6.45. The minimum absolute atomic E-state index is 0.0841. The molecule has 0 aromatic heterocycles. The van der Waals surface area contributed by atoms with Gasteiger partial charge in [0.2, 0.25) is 0 Å². The van der Waals surface area contributed by atoms with Crippen LogP contribution in [-0.2, 0) is 0 Å². The Balaban J connectivity index is 2.93. The van der Waals surface area contributed by atoms with E-state index in [1.165, 1.54) is 0 Å². The molecular formula is C13H13BrClNO. The van der Waals surface area contributed by atoms with Crippen molar-refractivity contribution in [2.24, 2.45) is 0 Å². The van der Waals surface area contributed by atoms with Gasteiger partial charge in [-0.05, 0) is 40.5 Å². The van der Waals surface area contributed by atoms with Gasteiger partial charge in [-0.15, -0.1) is 6.42 Å². The van der Waals surface area contributed by atoms with E-state index in [-0.39, 0.29) is 5.91 Å². The van der Waals surface area contributed by atoms with Crippen LogP contribution in [-0.4, -0.2) is 23.9 Å². The Kier molecular flexibility index (Phi) is 5.54. The molecule has 1 aromatic carbocycles. The molecule has 0 N–H and O–H groups in total. The topological polar surface area (TPSA) is 20.3 Å². The van der Waals surface area contributed by atoms with Crippen molar-refractivity contribution in [2.45, 2.75) is 13.3 Å². The average molecular weight is 315 g/mol. The van der Waals surface area contributed by atoms with Crippen LogP contribution < -0.4 is 0 Å². The number of hydrogen-bond donors (Lipinski definition) is 0. The molecule has 1 rings (SSSR count). The van der Waals surface area contributed by atoms with Crippen LogP contribution in [0.1, 0.15) is 23.7 Å². The Hall–Kier alpha value is -0.980. The second kappa shape index (κ2) is 6.68. The van der Waals surface area contributed by atoms with Crippen LogP contribution in [0.25, 0.3) is 0 Å². The highest BCUT2D eigenvalue weighted by atomic mass is 79.9. The monoisotopic (exact) mass is 313 g/mol. The largest absolute Gasteiger partial charge is 0.328 e. The van der Waals surface area contributed by atoms with Crippen molar-refractivity contribution in [2.75, 3.05) is 13.1 Å². The van der Waals surface area contributed by atoms with Crippen LogP contribution >= 0.6 is 27.5 Å². The zero-order valence-electron chi connectivity index (χ0n) is 9.54. The summed E-state index contributed by atoms with van der Waals surface area (Å²) in [5, 5.41) is 0.521. The molecule has 4 heteroatoms. The molecular weight excluding hydrogens is 302 g/mol. The predicted octanol–water partition coefficient (Wildman–Crippen LogP) is 3.59. The molecule has 0 saturated carbocycles. The second-order valence-corrected chi connectivity index (χ2v) is 4.82. The van der Waals surface area contributed by atoms with Gasteiger partial charge in [0, 0.05) is 16.6 Å². The van der Waals surface area contributed by atoms with E-state index < -0.39 is 0 Å². The van der Waals surface area contributed by atoms with E-state index >= 15 is 0 Å². The van der Waals surface area contributed by atoms with Gasteiger partial charge in [0.05, 0.1) is 11.6 Å². The number of amides is 1. The lowest BCUT2D eigenvalue weighted by molar-refractivity contribution is 0.0777. The van der Waals surface area contributed by atoms with Crippen LogP contribution in [0.3, 0.4) is 0 Å². The number of carbonyl (C=O) groups excluding carboxylic acids is 1. The Morgan fingerprint density at radius 1 is 1.59 bits per heavy atom. The zero-order chi connectivity index (χ0) is 12.8. The van der Waals surface area contributed by atoms with Gasteiger partial charge in [-0.25, -0.2) is 0 Å². The smallest absolute Gasteiger partial charge is 0.254 e. The van der Waals surface area contributed by atoms with Crippen LogP contribution in [0.2, 0.25) is 5.02 Å². The summed E-state index contributed by atoms with van der Waals surface area (Å²) in [5.74, 6) is 2.41. The highest BCUT2D eigenvalue weighted by Crippen LogP contribution is 2.23. The van der Waals surface area contributed by atoms with Gasteiger partial charge < -0.3 is 4.90 Å². The van der Waals surface area contributed by atoms with Crippen LogP contribution in [0.5, 0.6) is 0 Å². The van der Waals surface area contributed by atoms with Crippen molar-refractivity contribution in [3.63, 3.8) is 0 Å². The maximum atomic E-state index is 12.1. The van der Waals surface area contributed by atoms with Gasteiger partial charge in [0.25, 0.3) is 5.91 Å². The standard InChI is InChI=1S/C13H13BrClNO/c1-3-7-16(8-4-2)13(17)10-5-6-11(14)12(15)9-10/h1,5-6,9H,4,7-8H2,2H3. The predicted molar refractivity (Wildman–Crippen MR) is 74.2 cm³/mol.